The minimum Gasteiger partial charge on any atom is -0.382 e. The molecule has 2 N–H and O–H groups in total. The van der Waals surface area contributed by atoms with Crippen molar-refractivity contribution in [1.29, 1.82) is 0 Å². The predicted octanol–water partition coefficient (Wildman–Crippen LogP) is 1.16. The second-order valence-electron chi connectivity index (χ2n) is 3.70. The molecule has 0 atom stereocenters. The van der Waals surface area contributed by atoms with Gasteiger partial charge in [0.25, 0.3) is 5.91 Å². The fourth-order valence-corrected chi connectivity index (χ4v) is 1.49. The lowest BCUT2D eigenvalue weighted by Crippen LogP contribution is -2.20. The van der Waals surface area contributed by atoms with Gasteiger partial charge < -0.3 is 14.5 Å². The molecule has 2 aromatic rings. The number of hydrogen-bond donors (Lipinski definition) is 2. The number of aromatic amines is 1. The number of aromatic nitrogens is 2. The van der Waals surface area contributed by atoms with Gasteiger partial charge in [-0.3, -0.25) is 10.1 Å². The molecule has 0 aliphatic carbocycles. The molecule has 0 fully saturated rings. The summed E-state index contributed by atoms with van der Waals surface area (Å²) in [7, 11) is 1.58. The highest BCUT2D eigenvalue weighted by molar-refractivity contribution is 5.91. The first kappa shape index (κ1) is 12.5. The molecule has 0 saturated carbocycles. The number of ether oxygens (including phenoxy) is 2. The number of rotatable bonds is 6. The standard InChI is InChI=1S/C12H15N3O3/c1-17-6-7-18-8-11(16)15-12-13-9-4-2-3-5-10(9)14-12/h2-5H,6-8H2,1H3,(H2,13,14,15,16). The topological polar surface area (TPSA) is 76.2 Å². The first-order chi connectivity index (χ1) is 8.79. The van der Waals surface area contributed by atoms with E-state index >= 15 is 0 Å². The Morgan fingerprint density at radius 1 is 1.39 bits per heavy atom. The molecule has 0 aliphatic heterocycles. The summed E-state index contributed by atoms with van der Waals surface area (Å²) in [5.41, 5.74) is 1.70. The number of H-pyrrole nitrogens is 1. The molecule has 6 nitrogen and oxygen atoms in total. The Morgan fingerprint density at radius 3 is 3.00 bits per heavy atom. The van der Waals surface area contributed by atoms with Crippen molar-refractivity contribution >= 4 is 22.9 Å². The third-order valence-electron chi connectivity index (χ3n) is 2.31. The van der Waals surface area contributed by atoms with Crippen LogP contribution in [0.5, 0.6) is 0 Å². The number of carbonyl (C=O) groups excluding carboxylic acids is 1. The second-order valence-corrected chi connectivity index (χ2v) is 3.70. The number of imidazole rings is 1. The van der Waals surface area contributed by atoms with Crippen molar-refractivity contribution in [2.24, 2.45) is 0 Å². The van der Waals surface area contributed by atoms with Crippen LogP contribution in [0.25, 0.3) is 11.0 Å². The van der Waals surface area contributed by atoms with Crippen LogP contribution >= 0.6 is 0 Å². The number of carbonyl (C=O) groups is 1. The molecule has 2 rings (SSSR count). The van der Waals surface area contributed by atoms with Crippen molar-refractivity contribution in [2.45, 2.75) is 0 Å². The molecule has 1 amide bonds. The molecule has 0 unspecified atom stereocenters. The maximum atomic E-state index is 11.5. The highest BCUT2D eigenvalue weighted by Gasteiger charge is 2.06. The molecule has 6 heteroatoms. The van der Waals surface area contributed by atoms with E-state index in [0.717, 1.165) is 11.0 Å². The lowest BCUT2D eigenvalue weighted by atomic mass is 10.3. The predicted molar refractivity (Wildman–Crippen MR) is 67.4 cm³/mol. The van der Waals surface area contributed by atoms with E-state index in [-0.39, 0.29) is 12.5 Å². The Hall–Kier alpha value is -1.92. The fourth-order valence-electron chi connectivity index (χ4n) is 1.49. The zero-order chi connectivity index (χ0) is 12.8. The normalized spacial score (nSPS) is 10.7. The van der Waals surface area contributed by atoms with E-state index in [1.165, 1.54) is 0 Å². The summed E-state index contributed by atoms with van der Waals surface area (Å²) in [6, 6.07) is 7.56. The number of nitrogens with one attached hydrogen (secondary N) is 2. The molecule has 96 valence electrons. The highest BCUT2D eigenvalue weighted by atomic mass is 16.5. The van der Waals surface area contributed by atoms with Gasteiger partial charge in [-0.05, 0) is 12.1 Å². The van der Waals surface area contributed by atoms with Gasteiger partial charge in [-0.25, -0.2) is 4.98 Å². The summed E-state index contributed by atoms with van der Waals surface area (Å²) < 4.78 is 9.91. The van der Waals surface area contributed by atoms with Crippen LogP contribution in [0.4, 0.5) is 5.95 Å². The number of anilines is 1. The third kappa shape index (κ3) is 3.28. The van der Waals surface area contributed by atoms with Crippen molar-refractivity contribution in [3.05, 3.63) is 24.3 Å². The largest absolute Gasteiger partial charge is 0.382 e. The van der Waals surface area contributed by atoms with Crippen molar-refractivity contribution in [3.63, 3.8) is 0 Å². The third-order valence-corrected chi connectivity index (χ3v) is 2.31. The Labute approximate surface area is 104 Å². The van der Waals surface area contributed by atoms with Crippen molar-refractivity contribution < 1.29 is 14.3 Å². The van der Waals surface area contributed by atoms with E-state index in [9.17, 15) is 4.79 Å². The number of para-hydroxylation sites is 2. The Bertz CT molecular complexity index is 491. The summed E-state index contributed by atoms with van der Waals surface area (Å²) >= 11 is 0. The van der Waals surface area contributed by atoms with Gasteiger partial charge in [0, 0.05) is 7.11 Å². The molecule has 1 aromatic heterocycles. The van der Waals surface area contributed by atoms with Gasteiger partial charge in [0.05, 0.1) is 24.2 Å². The lowest BCUT2D eigenvalue weighted by molar-refractivity contribution is -0.121. The van der Waals surface area contributed by atoms with E-state index in [4.69, 9.17) is 9.47 Å². The number of methoxy groups -OCH3 is 1. The number of benzene rings is 1. The van der Waals surface area contributed by atoms with Gasteiger partial charge in [-0.15, -0.1) is 0 Å². The van der Waals surface area contributed by atoms with E-state index in [1.54, 1.807) is 7.11 Å². The maximum Gasteiger partial charge on any atom is 0.252 e. The SMILES string of the molecule is COCCOCC(=O)Nc1nc2ccccc2[nH]1. The van der Waals surface area contributed by atoms with Crippen LogP contribution in [0.1, 0.15) is 0 Å². The van der Waals surface area contributed by atoms with Crippen LogP contribution in [0.2, 0.25) is 0 Å². The van der Waals surface area contributed by atoms with Crippen molar-refractivity contribution in [1.82, 2.24) is 9.97 Å². The van der Waals surface area contributed by atoms with E-state index in [2.05, 4.69) is 15.3 Å². The Kier molecular flexibility index (Phi) is 4.27. The number of nitrogens with zero attached hydrogens (tertiary/aromatic N) is 1. The highest BCUT2D eigenvalue weighted by Crippen LogP contribution is 2.12. The summed E-state index contributed by atoms with van der Waals surface area (Å²) in [4.78, 5) is 18.7. The van der Waals surface area contributed by atoms with Gasteiger partial charge in [-0.2, -0.15) is 0 Å². The molecule has 0 saturated heterocycles. The number of amides is 1. The molecule has 18 heavy (non-hydrogen) atoms. The minimum absolute atomic E-state index is 0.0135. The molecule has 0 spiro atoms. The smallest absolute Gasteiger partial charge is 0.252 e. The summed E-state index contributed by atoms with van der Waals surface area (Å²) in [6.45, 7) is 0.850. The van der Waals surface area contributed by atoms with E-state index in [1.807, 2.05) is 24.3 Å². The Morgan fingerprint density at radius 2 is 2.22 bits per heavy atom. The molecular weight excluding hydrogens is 234 g/mol. The number of fused-ring (bicyclic) bond motifs is 1. The maximum absolute atomic E-state index is 11.5. The van der Waals surface area contributed by atoms with Crippen molar-refractivity contribution in [2.75, 3.05) is 32.2 Å². The first-order valence-electron chi connectivity index (χ1n) is 5.61. The molecular formula is C12H15N3O3. The average molecular weight is 249 g/mol. The van der Waals surface area contributed by atoms with Gasteiger partial charge in [0.15, 0.2) is 0 Å². The van der Waals surface area contributed by atoms with Crippen molar-refractivity contribution in [3.8, 4) is 0 Å². The lowest BCUT2D eigenvalue weighted by Gasteiger charge is -2.03. The van der Waals surface area contributed by atoms with E-state index < -0.39 is 0 Å². The van der Waals surface area contributed by atoms with Crippen LogP contribution in [0.3, 0.4) is 0 Å². The molecule has 0 bridgehead atoms. The van der Waals surface area contributed by atoms with Crippen LogP contribution in [-0.4, -0.2) is 42.8 Å². The van der Waals surface area contributed by atoms with E-state index in [0.29, 0.717) is 19.2 Å². The molecule has 0 radical (unpaired) electrons. The molecule has 1 heterocycles. The van der Waals surface area contributed by atoms with Gasteiger partial charge in [0.2, 0.25) is 5.95 Å². The minimum atomic E-state index is -0.245. The van der Waals surface area contributed by atoms with Crippen LogP contribution < -0.4 is 5.32 Å². The monoisotopic (exact) mass is 249 g/mol. The fraction of sp³-hybridized carbons (Fsp3) is 0.333. The van der Waals surface area contributed by atoms with Gasteiger partial charge in [-0.1, -0.05) is 12.1 Å². The Balaban J connectivity index is 1.86. The molecule has 0 aliphatic rings. The molecule has 1 aromatic carbocycles. The first-order valence-corrected chi connectivity index (χ1v) is 5.61. The summed E-state index contributed by atoms with van der Waals surface area (Å²) in [6.07, 6.45) is 0. The quantitative estimate of drug-likeness (QED) is 0.753. The summed E-state index contributed by atoms with van der Waals surface area (Å²) in [5, 5.41) is 2.64. The van der Waals surface area contributed by atoms with Gasteiger partial charge in [0.1, 0.15) is 6.61 Å². The van der Waals surface area contributed by atoms with Crippen LogP contribution in [0.15, 0.2) is 24.3 Å². The van der Waals surface area contributed by atoms with Crippen LogP contribution in [-0.2, 0) is 14.3 Å². The zero-order valence-electron chi connectivity index (χ0n) is 10.1. The zero-order valence-corrected chi connectivity index (χ0v) is 10.1. The summed E-state index contributed by atoms with van der Waals surface area (Å²) in [5.74, 6) is 0.182. The number of hydrogen-bond acceptors (Lipinski definition) is 4. The average Bonchev–Trinajstić information content (AvgIpc) is 2.76. The van der Waals surface area contributed by atoms with Gasteiger partial charge >= 0.3 is 0 Å². The van der Waals surface area contributed by atoms with Crippen LogP contribution in [0, 0.1) is 0 Å². The second kappa shape index (κ2) is 6.13.